The van der Waals surface area contributed by atoms with E-state index in [9.17, 15) is 4.79 Å². The highest BCUT2D eigenvalue weighted by molar-refractivity contribution is 5.74. The third kappa shape index (κ3) is 6.72. The van der Waals surface area contributed by atoms with Gasteiger partial charge in [0.2, 0.25) is 0 Å². The fourth-order valence-corrected chi connectivity index (χ4v) is 5.11. The molecule has 0 bridgehead atoms. The molecule has 3 aromatic rings. The second-order valence-corrected chi connectivity index (χ2v) is 11.0. The number of nitrogens with one attached hydrogen (secondary N) is 2. The summed E-state index contributed by atoms with van der Waals surface area (Å²) in [4.78, 5) is 14.8. The maximum atomic E-state index is 12.6. The standard InChI is InChI=1S/C32H39N3O2/c1-22-8-12-24(13-9-22)18-28(21-37-32(36)27-19-35(3)20-27)33-29-6-4-5-7-30(29)34-31(26-16-17-26)25-14-10-23(2)11-15-25/h4-15,26-28,31,33-34H,16-21H2,1-3H3/t28-,31?/m0/s1. The van der Waals surface area contributed by atoms with Gasteiger partial charge in [-0.2, -0.15) is 0 Å². The van der Waals surface area contributed by atoms with Crippen LogP contribution < -0.4 is 10.6 Å². The van der Waals surface area contributed by atoms with Crippen molar-refractivity contribution in [3.63, 3.8) is 0 Å². The molecule has 1 saturated heterocycles. The number of para-hydroxylation sites is 2. The van der Waals surface area contributed by atoms with Crippen molar-refractivity contribution in [3.8, 4) is 0 Å². The van der Waals surface area contributed by atoms with Crippen LogP contribution in [-0.4, -0.2) is 43.7 Å². The molecule has 2 atom stereocenters. The summed E-state index contributed by atoms with van der Waals surface area (Å²) < 4.78 is 5.83. The molecule has 37 heavy (non-hydrogen) atoms. The Bertz CT molecular complexity index is 1180. The SMILES string of the molecule is Cc1ccc(C[C@@H](COC(=O)C2CN(C)C2)Nc2ccccc2NC(c2ccc(C)cc2)C2CC2)cc1. The minimum absolute atomic E-state index is 0.00668. The number of nitrogens with zero attached hydrogens (tertiary/aromatic N) is 1. The first-order valence-corrected chi connectivity index (χ1v) is 13.5. The number of carbonyl (C=O) groups excluding carboxylic acids is 1. The molecule has 1 aliphatic heterocycles. The van der Waals surface area contributed by atoms with E-state index in [-0.39, 0.29) is 24.0 Å². The molecule has 194 valence electrons. The van der Waals surface area contributed by atoms with Gasteiger partial charge in [-0.05, 0) is 69.3 Å². The third-order valence-electron chi connectivity index (χ3n) is 7.55. The zero-order valence-electron chi connectivity index (χ0n) is 22.2. The lowest BCUT2D eigenvalue weighted by Crippen LogP contribution is -2.49. The lowest BCUT2D eigenvalue weighted by Gasteiger charge is -2.34. The topological polar surface area (TPSA) is 53.6 Å². The van der Waals surface area contributed by atoms with Gasteiger partial charge in [-0.3, -0.25) is 4.79 Å². The van der Waals surface area contributed by atoms with E-state index in [1.807, 2.05) is 7.05 Å². The van der Waals surface area contributed by atoms with E-state index in [1.54, 1.807) is 0 Å². The summed E-state index contributed by atoms with van der Waals surface area (Å²) >= 11 is 0. The number of likely N-dealkylation sites (tertiary alicyclic amines) is 1. The van der Waals surface area contributed by atoms with Gasteiger partial charge in [0.05, 0.1) is 29.4 Å². The van der Waals surface area contributed by atoms with Crippen LogP contribution in [0.5, 0.6) is 0 Å². The molecule has 1 heterocycles. The molecule has 0 amide bonds. The van der Waals surface area contributed by atoms with Gasteiger partial charge in [-0.25, -0.2) is 0 Å². The maximum Gasteiger partial charge on any atom is 0.311 e. The fourth-order valence-electron chi connectivity index (χ4n) is 5.11. The van der Waals surface area contributed by atoms with Crippen LogP contribution in [0.15, 0.2) is 72.8 Å². The molecular formula is C32H39N3O2. The van der Waals surface area contributed by atoms with Crippen LogP contribution in [0.4, 0.5) is 11.4 Å². The lowest BCUT2D eigenvalue weighted by molar-refractivity contribution is -0.154. The number of ether oxygens (including phenoxy) is 1. The van der Waals surface area contributed by atoms with E-state index in [2.05, 4.69) is 102 Å². The van der Waals surface area contributed by atoms with Gasteiger partial charge in [0.15, 0.2) is 0 Å². The zero-order valence-corrected chi connectivity index (χ0v) is 22.2. The molecule has 0 spiro atoms. The van der Waals surface area contributed by atoms with Crippen molar-refractivity contribution in [2.45, 2.75) is 45.2 Å². The minimum atomic E-state index is -0.0895. The smallest absolute Gasteiger partial charge is 0.311 e. The fraction of sp³-hybridized carbons (Fsp3) is 0.406. The van der Waals surface area contributed by atoms with Crippen molar-refractivity contribution in [1.82, 2.24) is 4.90 Å². The molecule has 5 nitrogen and oxygen atoms in total. The number of hydrogen-bond donors (Lipinski definition) is 2. The van der Waals surface area contributed by atoms with Crippen LogP contribution in [0.3, 0.4) is 0 Å². The number of anilines is 2. The van der Waals surface area contributed by atoms with E-state index in [4.69, 9.17) is 4.74 Å². The molecule has 2 aliphatic rings. The van der Waals surface area contributed by atoms with Crippen molar-refractivity contribution >= 4 is 17.3 Å². The highest BCUT2D eigenvalue weighted by atomic mass is 16.5. The predicted molar refractivity (Wildman–Crippen MR) is 151 cm³/mol. The largest absolute Gasteiger partial charge is 0.463 e. The summed E-state index contributed by atoms with van der Waals surface area (Å²) in [7, 11) is 2.03. The second-order valence-electron chi connectivity index (χ2n) is 11.0. The molecule has 5 rings (SSSR count). The molecule has 2 fully saturated rings. The van der Waals surface area contributed by atoms with Gasteiger partial charge >= 0.3 is 5.97 Å². The van der Waals surface area contributed by atoms with Gasteiger partial charge in [-0.1, -0.05) is 71.8 Å². The Kier molecular flexibility index (Phi) is 7.80. The summed E-state index contributed by atoms with van der Waals surface area (Å²) in [6.45, 7) is 6.13. The first-order chi connectivity index (χ1) is 17.9. The number of benzene rings is 3. The number of rotatable bonds is 11. The number of carbonyl (C=O) groups is 1. The molecule has 5 heteroatoms. The summed E-state index contributed by atoms with van der Waals surface area (Å²) in [5.41, 5.74) is 7.20. The molecule has 0 aromatic heterocycles. The Balaban J connectivity index is 1.32. The summed E-state index contributed by atoms with van der Waals surface area (Å²) in [5.74, 6) is 0.557. The van der Waals surface area contributed by atoms with Crippen molar-refractivity contribution in [2.24, 2.45) is 11.8 Å². The Hall–Kier alpha value is -3.31. The molecule has 1 saturated carbocycles. The van der Waals surface area contributed by atoms with Gasteiger partial charge in [0.25, 0.3) is 0 Å². The van der Waals surface area contributed by atoms with Crippen LogP contribution in [0.1, 0.15) is 41.1 Å². The van der Waals surface area contributed by atoms with Crippen LogP contribution in [0.25, 0.3) is 0 Å². The van der Waals surface area contributed by atoms with Crippen molar-refractivity contribution in [3.05, 3.63) is 95.1 Å². The Morgan fingerprint density at radius 1 is 0.892 bits per heavy atom. The normalized spacial score (nSPS) is 17.5. The minimum Gasteiger partial charge on any atom is -0.463 e. The van der Waals surface area contributed by atoms with E-state index >= 15 is 0 Å². The summed E-state index contributed by atoms with van der Waals surface area (Å²) in [5, 5.41) is 7.58. The molecular weight excluding hydrogens is 458 g/mol. The van der Waals surface area contributed by atoms with Gasteiger partial charge in [0.1, 0.15) is 6.61 Å². The van der Waals surface area contributed by atoms with Crippen LogP contribution in [0.2, 0.25) is 0 Å². The van der Waals surface area contributed by atoms with Gasteiger partial charge in [0, 0.05) is 13.1 Å². The number of aryl methyl sites for hydroxylation is 2. The van der Waals surface area contributed by atoms with Crippen molar-refractivity contribution in [1.29, 1.82) is 0 Å². The third-order valence-corrected chi connectivity index (χ3v) is 7.55. The van der Waals surface area contributed by atoms with Crippen molar-refractivity contribution in [2.75, 3.05) is 37.4 Å². The number of esters is 1. The van der Waals surface area contributed by atoms with Crippen molar-refractivity contribution < 1.29 is 9.53 Å². The van der Waals surface area contributed by atoms with Crippen LogP contribution in [-0.2, 0) is 16.0 Å². The highest BCUT2D eigenvalue weighted by Gasteiger charge is 2.33. The monoisotopic (exact) mass is 497 g/mol. The summed E-state index contributed by atoms with van der Waals surface area (Å²) in [6, 6.07) is 26.1. The quantitative estimate of drug-likeness (QED) is 0.319. The molecule has 1 aliphatic carbocycles. The Morgan fingerprint density at radius 3 is 2.08 bits per heavy atom. The van der Waals surface area contributed by atoms with E-state index < -0.39 is 0 Å². The maximum absolute atomic E-state index is 12.6. The number of hydrogen-bond acceptors (Lipinski definition) is 5. The average Bonchev–Trinajstić information content (AvgIpc) is 3.72. The Labute approximate surface area is 221 Å². The highest BCUT2D eigenvalue weighted by Crippen LogP contribution is 2.43. The predicted octanol–water partition coefficient (Wildman–Crippen LogP) is 5.99. The molecule has 3 aromatic carbocycles. The first-order valence-electron chi connectivity index (χ1n) is 13.5. The zero-order chi connectivity index (χ0) is 25.8. The Morgan fingerprint density at radius 2 is 1.49 bits per heavy atom. The van der Waals surface area contributed by atoms with Gasteiger partial charge < -0.3 is 20.3 Å². The molecule has 2 N–H and O–H groups in total. The molecule has 1 unspecified atom stereocenters. The molecule has 0 radical (unpaired) electrons. The van der Waals surface area contributed by atoms with E-state index in [0.29, 0.717) is 12.5 Å². The van der Waals surface area contributed by atoms with E-state index in [0.717, 1.165) is 30.9 Å². The first kappa shape index (κ1) is 25.3. The van der Waals surface area contributed by atoms with Gasteiger partial charge in [-0.15, -0.1) is 0 Å². The second kappa shape index (κ2) is 11.4. The lowest BCUT2D eigenvalue weighted by atomic mass is 10.00. The van der Waals surface area contributed by atoms with Crippen LogP contribution in [0, 0.1) is 25.7 Å². The van der Waals surface area contributed by atoms with E-state index in [1.165, 1.54) is 35.1 Å². The average molecular weight is 498 g/mol. The van der Waals surface area contributed by atoms with Crippen LogP contribution >= 0.6 is 0 Å². The summed E-state index contributed by atoms with van der Waals surface area (Å²) in [6.07, 6.45) is 3.28.